The van der Waals surface area contributed by atoms with E-state index in [0.717, 1.165) is 32.3 Å². The molecule has 0 aromatic heterocycles. The summed E-state index contributed by atoms with van der Waals surface area (Å²) in [5.74, 6) is -0.466. The second kappa shape index (κ2) is 6.23. The van der Waals surface area contributed by atoms with Crippen LogP contribution in [0.4, 0.5) is 4.79 Å². The Hall–Kier alpha value is -1.30. The smallest absolute Gasteiger partial charge is 0.317 e. The fourth-order valence-corrected chi connectivity index (χ4v) is 2.99. The van der Waals surface area contributed by atoms with Gasteiger partial charge in [0, 0.05) is 32.2 Å². The third kappa shape index (κ3) is 3.59. The normalized spacial score (nSPS) is 29.6. The molecule has 1 aliphatic heterocycles. The molecule has 0 radical (unpaired) electrons. The summed E-state index contributed by atoms with van der Waals surface area (Å²) < 4.78 is 5.67. The molecule has 1 saturated heterocycles. The third-order valence-corrected chi connectivity index (χ3v) is 4.10. The molecule has 2 amide bonds. The summed E-state index contributed by atoms with van der Waals surface area (Å²) in [5, 5.41) is 11.6. The van der Waals surface area contributed by atoms with Crippen molar-refractivity contribution < 1.29 is 19.4 Å². The van der Waals surface area contributed by atoms with E-state index in [-0.39, 0.29) is 25.0 Å². The number of fused-ring (bicyclic) bond motifs is 1. The molecule has 1 heterocycles. The van der Waals surface area contributed by atoms with Crippen LogP contribution in [-0.2, 0) is 9.53 Å². The van der Waals surface area contributed by atoms with E-state index in [2.05, 4.69) is 5.32 Å². The predicted molar refractivity (Wildman–Crippen MR) is 68.9 cm³/mol. The number of carbonyl (C=O) groups is 2. The molecule has 2 rings (SSSR count). The molecule has 1 aliphatic carbocycles. The molecule has 2 fully saturated rings. The average Bonchev–Trinajstić information content (AvgIpc) is 2.85. The highest BCUT2D eigenvalue weighted by Crippen LogP contribution is 2.34. The first kappa shape index (κ1) is 14.1. The topological polar surface area (TPSA) is 78.9 Å². The first-order chi connectivity index (χ1) is 9.08. The fraction of sp³-hybridized carbons (Fsp3) is 0.846. The molecule has 1 saturated carbocycles. The fourth-order valence-electron chi connectivity index (χ4n) is 2.99. The van der Waals surface area contributed by atoms with E-state index in [1.54, 1.807) is 7.05 Å². The van der Waals surface area contributed by atoms with Crippen molar-refractivity contribution >= 4 is 12.0 Å². The van der Waals surface area contributed by atoms with Crippen LogP contribution in [0.15, 0.2) is 0 Å². The Morgan fingerprint density at radius 1 is 1.37 bits per heavy atom. The number of urea groups is 1. The number of carboxylic acids is 1. The van der Waals surface area contributed by atoms with E-state index in [9.17, 15) is 9.59 Å². The van der Waals surface area contributed by atoms with Gasteiger partial charge in [0.1, 0.15) is 0 Å². The van der Waals surface area contributed by atoms with Gasteiger partial charge in [0.2, 0.25) is 0 Å². The van der Waals surface area contributed by atoms with Crippen LogP contribution in [0.25, 0.3) is 0 Å². The number of amides is 2. The van der Waals surface area contributed by atoms with Gasteiger partial charge >= 0.3 is 12.0 Å². The molecule has 108 valence electrons. The molecule has 6 nitrogen and oxygen atoms in total. The van der Waals surface area contributed by atoms with E-state index >= 15 is 0 Å². The molecular formula is C13H22N2O4. The summed E-state index contributed by atoms with van der Waals surface area (Å²) in [6.07, 6.45) is 4.43. The monoisotopic (exact) mass is 270 g/mol. The summed E-state index contributed by atoms with van der Waals surface area (Å²) >= 11 is 0. The number of nitrogens with zero attached hydrogens (tertiary/aromatic N) is 1. The SMILES string of the molecule is CN(CCC(=O)O)C(=O)NC1CCCC2OCCC12. The Morgan fingerprint density at radius 2 is 2.16 bits per heavy atom. The Morgan fingerprint density at radius 3 is 2.89 bits per heavy atom. The number of rotatable bonds is 4. The molecule has 2 aliphatic rings. The van der Waals surface area contributed by atoms with Gasteiger partial charge in [-0.3, -0.25) is 4.79 Å². The van der Waals surface area contributed by atoms with Crippen molar-refractivity contribution in [1.82, 2.24) is 10.2 Å². The van der Waals surface area contributed by atoms with Crippen molar-refractivity contribution in [2.24, 2.45) is 5.92 Å². The minimum absolute atomic E-state index is 0.0241. The molecule has 6 heteroatoms. The van der Waals surface area contributed by atoms with Gasteiger partial charge < -0.3 is 20.1 Å². The largest absolute Gasteiger partial charge is 0.481 e. The summed E-state index contributed by atoms with van der Waals surface area (Å²) in [4.78, 5) is 23.9. The lowest BCUT2D eigenvalue weighted by molar-refractivity contribution is -0.137. The molecule has 0 aromatic carbocycles. The number of carbonyl (C=O) groups excluding carboxylic acids is 1. The van der Waals surface area contributed by atoms with E-state index in [1.165, 1.54) is 4.90 Å². The van der Waals surface area contributed by atoms with Gasteiger partial charge in [-0.15, -0.1) is 0 Å². The van der Waals surface area contributed by atoms with Gasteiger partial charge in [-0.2, -0.15) is 0 Å². The van der Waals surface area contributed by atoms with Gasteiger partial charge in [0.05, 0.1) is 12.5 Å². The van der Waals surface area contributed by atoms with Gasteiger partial charge in [0.25, 0.3) is 0 Å². The van der Waals surface area contributed by atoms with Crippen LogP contribution >= 0.6 is 0 Å². The quantitative estimate of drug-likeness (QED) is 0.800. The number of hydrogen-bond donors (Lipinski definition) is 2. The number of hydrogen-bond acceptors (Lipinski definition) is 3. The van der Waals surface area contributed by atoms with Crippen molar-refractivity contribution in [3.05, 3.63) is 0 Å². The second-order valence-corrected chi connectivity index (χ2v) is 5.41. The Bertz CT molecular complexity index is 348. The van der Waals surface area contributed by atoms with Crippen molar-refractivity contribution in [2.45, 2.75) is 44.2 Å². The molecular weight excluding hydrogens is 248 g/mol. The number of aliphatic carboxylic acids is 1. The number of ether oxygens (including phenoxy) is 1. The maximum atomic E-state index is 12.0. The highest BCUT2D eigenvalue weighted by atomic mass is 16.5. The average molecular weight is 270 g/mol. The van der Waals surface area contributed by atoms with Crippen LogP contribution in [0, 0.1) is 5.92 Å². The number of carboxylic acid groups (broad SMARTS) is 1. The minimum atomic E-state index is -0.887. The maximum Gasteiger partial charge on any atom is 0.317 e. The Kier molecular flexibility index (Phi) is 4.63. The van der Waals surface area contributed by atoms with Crippen molar-refractivity contribution in [3.63, 3.8) is 0 Å². The first-order valence-corrected chi connectivity index (χ1v) is 6.93. The predicted octanol–water partition coefficient (Wildman–Crippen LogP) is 1.06. The molecule has 2 N–H and O–H groups in total. The van der Waals surface area contributed by atoms with E-state index in [4.69, 9.17) is 9.84 Å². The lowest BCUT2D eigenvalue weighted by atomic mass is 9.82. The summed E-state index contributed by atoms with van der Waals surface area (Å²) in [6, 6.07) is -0.0140. The lowest BCUT2D eigenvalue weighted by Crippen LogP contribution is -2.49. The standard InChI is InChI=1S/C13H22N2O4/c1-15(7-5-12(16)17)13(18)14-10-3-2-4-11-9(10)6-8-19-11/h9-11H,2-8H2,1H3,(H,14,18)(H,16,17). The van der Waals surface area contributed by atoms with Crippen molar-refractivity contribution in [2.75, 3.05) is 20.2 Å². The Labute approximate surface area is 113 Å². The van der Waals surface area contributed by atoms with Crippen LogP contribution in [0.2, 0.25) is 0 Å². The highest BCUT2D eigenvalue weighted by molar-refractivity contribution is 5.75. The summed E-state index contributed by atoms with van der Waals surface area (Å²) in [6.45, 7) is 1.02. The molecule has 0 bridgehead atoms. The molecule has 3 atom stereocenters. The van der Waals surface area contributed by atoms with Crippen LogP contribution in [0.5, 0.6) is 0 Å². The van der Waals surface area contributed by atoms with Gasteiger partial charge in [-0.1, -0.05) is 0 Å². The Balaban J connectivity index is 1.82. The van der Waals surface area contributed by atoms with E-state index < -0.39 is 5.97 Å². The second-order valence-electron chi connectivity index (χ2n) is 5.41. The van der Waals surface area contributed by atoms with Gasteiger partial charge in [0.15, 0.2) is 0 Å². The molecule has 19 heavy (non-hydrogen) atoms. The van der Waals surface area contributed by atoms with Crippen LogP contribution in [0.1, 0.15) is 32.1 Å². The van der Waals surface area contributed by atoms with Crippen LogP contribution < -0.4 is 5.32 Å². The van der Waals surface area contributed by atoms with E-state index in [0.29, 0.717) is 12.0 Å². The third-order valence-electron chi connectivity index (χ3n) is 4.10. The zero-order valence-electron chi connectivity index (χ0n) is 11.3. The zero-order valence-corrected chi connectivity index (χ0v) is 11.3. The van der Waals surface area contributed by atoms with Crippen LogP contribution in [0.3, 0.4) is 0 Å². The maximum absolute atomic E-state index is 12.0. The van der Waals surface area contributed by atoms with E-state index in [1.807, 2.05) is 0 Å². The van der Waals surface area contributed by atoms with Gasteiger partial charge in [-0.05, 0) is 25.7 Å². The summed E-state index contributed by atoms with van der Waals surface area (Å²) in [7, 11) is 1.63. The van der Waals surface area contributed by atoms with Crippen molar-refractivity contribution in [3.8, 4) is 0 Å². The minimum Gasteiger partial charge on any atom is -0.481 e. The van der Waals surface area contributed by atoms with Gasteiger partial charge in [-0.25, -0.2) is 4.79 Å². The molecule has 0 spiro atoms. The summed E-state index contributed by atoms with van der Waals surface area (Å²) in [5.41, 5.74) is 0. The molecule has 3 unspecified atom stereocenters. The molecule has 0 aromatic rings. The van der Waals surface area contributed by atoms with Crippen molar-refractivity contribution in [1.29, 1.82) is 0 Å². The highest BCUT2D eigenvalue weighted by Gasteiger charge is 2.38. The lowest BCUT2D eigenvalue weighted by Gasteiger charge is -2.34. The van der Waals surface area contributed by atoms with Crippen LogP contribution in [-0.4, -0.2) is 54.4 Å². The number of nitrogens with one attached hydrogen (secondary N) is 1. The zero-order chi connectivity index (χ0) is 13.8. The first-order valence-electron chi connectivity index (χ1n) is 6.93.